The third kappa shape index (κ3) is 6.15. The fourth-order valence-electron chi connectivity index (χ4n) is 7.77. The van der Waals surface area contributed by atoms with Crippen molar-refractivity contribution in [2.24, 2.45) is 0 Å². The molecular weight excluding hydrogens is 622 g/mol. The van der Waals surface area contributed by atoms with Crippen LogP contribution in [0.3, 0.4) is 0 Å². The van der Waals surface area contributed by atoms with Gasteiger partial charge in [-0.2, -0.15) is 4.98 Å². The van der Waals surface area contributed by atoms with Gasteiger partial charge in [-0.1, -0.05) is 24.3 Å². The first-order valence-electron chi connectivity index (χ1n) is 17.3. The summed E-state index contributed by atoms with van der Waals surface area (Å²) in [5, 5.41) is 18.5. The summed E-state index contributed by atoms with van der Waals surface area (Å²) in [6, 6.07) is 14.1. The minimum absolute atomic E-state index is 0.199. The number of fused-ring (bicyclic) bond motifs is 2. The Balaban J connectivity index is 0.823. The molecule has 3 saturated heterocycles. The van der Waals surface area contributed by atoms with Crippen LogP contribution in [0.15, 0.2) is 59.3 Å². The summed E-state index contributed by atoms with van der Waals surface area (Å²) in [4.78, 5) is 52.5. The Morgan fingerprint density at radius 3 is 2.55 bits per heavy atom. The summed E-state index contributed by atoms with van der Waals surface area (Å²) in [6.07, 6.45) is 7.27. The largest absolute Gasteiger partial charge is 0.446 e. The van der Waals surface area contributed by atoms with Crippen LogP contribution in [0.1, 0.15) is 71.1 Å². The highest BCUT2D eigenvalue weighted by atomic mass is 16.3. The zero-order valence-corrected chi connectivity index (χ0v) is 27.7. The summed E-state index contributed by atoms with van der Waals surface area (Å²) in [6.45, 7) is 6.54. The van der Waals surface area contributed by atoms with Crippen molar-refractivity contribution in [3.8, 4) is 0 Å². The van der Waals surface area contributed by atoms with E-state index in [0.29, 0.717) is 49.1 Å². The molecule has 254 valence electrons. The van der Waals surface area contributed by atoms with Crippen molar-refractivity contribution < 1.29 is 23.9 Å². The lowest BCUT2D eigenvalue weighted by Gasteiger charge is -2.39. The zero-order valence-electron chi connectivity index (χ0n) is 27.7. The van der Waals surface area contributed by atoms with E-state index >= 15 is 0 Å². The molecule has 0 aliphatic carbocycles. The predicted molar refractivity (Wildman–Crippen MR) is 183 cm³/mol. The number of carbonyl (C=O) groups is 3. The number of nitrogens with one attached hydrogen (secondary N) is 2. The predicted octanol–water partition coefficient (Wildman–Crippen LogP) is 3.86. The first-order valence-corrected chi connectivity index (χ1v) is 17.3. The van der Waals surface area contributed by atoms with Crippen molar-refractivity contribution in [3.63, 3.8) is 0 Å². The summed E-state index contributed by atoms with van der Waals surface area (Å²) in [5.41, 5.74) is 5.35. The quantitative estimate of drug-likeness (QED) is 0.250. The molecule has 2 aromatic carbocycles. The molecule has 0 bridgehead atoms. The molecule has 6 heterocycles. The Kier molecular flexibility index (Phi) is 8.07. The third-order valence-electron chi connectivity index (χ3n) is 10.8. The Bertz CT molecular complexity index is 1910. The van der Waals surface area contributed by atoms with Gasteiger partial charge in [-0.3, -0.25) is 24.6 Å². The van der Waals surface area contributed by atoms with Crippen molar-refractivity contribution in [2.45, 2.75) is 76.2 Å². The molecule has 1 unspecified atom stereocenters. The molecule has 3 fully saturated rings. The smallest absolute Gasteiger partial charge is 0.255 e. The van der Waals surface area contributed by atoms with E-state index in [1.165, 1.54) is 11.3 Å². The van der Waals surface area contributed by atoms with E-state index < -0.39 is 17.6 Å². The van der Waals surface area contributed by atoms with Crippen LogP contribution in [0.4, 0.5) is 11.6 Å². The topological polar surface area (TPSA) is 144 Å². The molecule has 12 heteroatoms. The van der Waals surface area contributed by atoms with Crippen molar-refractivity contribution in [3.05, 3.63) is 82.7 Å². The first-order chi connectivity index (χ1) is 23.7. The van der Waals surface area contributed by atoms with Crippen LogP contribution in [-0.4, -0.2) is 80.9 Å². The fourth-order valence-corrected chi connectivity index (χ4v) is 7.77. The molecule has 4 aliphatic heterocycles. The van der Waals surface area contributed by atoms with Gasteiger partial charge in [-0.15, -0.1) is 0 Å². The Hall–Kier alpha value is -4.81. The van der Waals surface area contributed by atoms with Crippen LogP contribution in [-0.2, 0) is 28.3 Å². The van der Waals surface area contributed by atoms with Gasteiger partial charge in [-0.05, 0) is 79.5 Å². The van der Waals surface area contributed by atoms with Gasteiger partial charge in [0.2, 0.25) is 23.5 Å². The lowest BCUT2D eigenvalue weighted by molar-refractivity contribution is -0.136. The maximum Gasteiger partial charge on any atom is 0.255 e. The molecule has 8 rings (SSSR count). The number of nitrogens with zero attached hydrogens (tertiary/aromatic N) is 5. The second-order valence-corrected chi connectivity index (χ2v) is 14.0. The SMILES string of the molecule is Cc1coc2nc(NC3CCN(c4ccc(CN5CCC(O)(c6ccc7c(c6)CN(C6CCC(=O)NC6=O)C7=O)CC5)cc4)CC3)ncc12. The maximum atomic E-state index is 13.1. The Morgan fingerprint density at radius 1 is 1.02 bits per heavy atom. The number of hydrogen-bond acceptors (Lipinski definition) is 10. The number of amides is 3. The lowest BCUT2D eigenvalue weighted by atomic mass is 9.83. The van der Waals surface area contributed by atoms with Crippen LogP contribution < -0.4 is 15.5 Å². The van der Waals surface area contributed by atoms with E-state index in [1.807, 2.05) is 25.3 Å². The van der Waals surface area contributed by atoms with Crippen LogP contribution in [0.25, 0.3) is 11.1 Å². The molecule has 4 aliphatic rings. The average Bonchev–Trinajstić information content (AvgIpc) is 3.64. The molecular formula is C37H41N7O5. The first kappa shape index (κ1) is 31.5. The monoisotopic (exact) mass is 663 g/mol. The number of aryl methyl sites for hydroxylation is 1. The second-order valence-electron chi connectivity index (χ2n) is 14.0. The highest BCUT2D eigenvalue weighted by Gasteiger charge is 2.41. The molecule has 0 saturated carbocycles. The van der Waals surface area contributed by atoms with E-state index in [0.717, 1.165) is 67.6 Å². The van der Waals surface area contributed by atoms with Crippen molar-refractivity contribution in [2.75, 3.05) is 36.4 Å². The summed E-state index contributed by atoms with van der Waals surface area (Å²) in [5.74, 6) is -0.304. The summed E-state index contributed by atoms with van der Waals surface area (Å²) >= 11 is 0. The highest BCUT2D eigenvalue weighted by Crippen LogP contribution is 2.37. The number of hydrogen-bond donors (Lipinski definition) is 3. The molecule has 12 nitrogen and oxygen atoms in total. The molecule has 1 atom stereocenters. The number of piperidine rings is 3. The molecule has 2 aromatic heterocycles. The van der Waals surface area contributed by atoms with E-state index in [-0.39, 0.29) is 18.2 Å². The minimum atomic E-state index is -0.974. The van der Waals surface area contributed by atoms with Gasteiger partial charge in [0.1, 0.15) is 6.04 Å². The van der Waals surface area contributed by atoms with Gasteiger partial charge >= 0.3 is 0 Å². The van der Waals surface area contributed by atoms with E-state index in [2.05, 4.69) is 54.7 Å². The van der Waals surface area contributed by atoms with Crippen LogP contribution >= 0.6 is 0 Å². The molecule has 4 aromatic rings. The van der Waals surface area contributed by atoms with E-state index in [9.17, 15) is 19.5 Å². The molecule has 3 amide bonds. The summed E-state index contributed by atoms with van der Waals surface area (Å²) in [7, 11) is 0. The Morgan fingerprint density at radius 2 is 1.80 bits per heavy atom. The number of imide groups is 1. The van der Waals surface area contributed by atoms with Crippen molar-refractivity contribution >= 4 is 40.5 Å². The molecule has 3 N–H and O–H groups in total. The minimum Gasteiger partial charge on any atom is -0.446 e. The van der Waals surface area contributed by atoms with Gasteiger partial charge in [0.25, 0.3) is 5.91 Å². The highest BCUT2D eigenvalue weighted by molar-refractivity contribution is 6.05. The van der Waals surface area contributed by atoms with Gasteiger partial charge in [0.05, 0.1) is 17.3 Å². The normalized spacial score (nSPS) is 21.7. The van der Waals surface area contributed by atoms with Gasteiger partial charge < -0.3 is 24.6 Å². The number of furan rings is 1. The lowest BCUT2D eigenvalue weighted by Crippen LogP contribution is -2.52. The van der Waals surface area contributed by atoms with Crippen molar-refractivity contribution in [1.82, 2.24) is 25.1 Å². The van der Waals surface area contributed by atoms with Gasteiger partial charge in [-0.25, -0.2) is 4.98 Å². The molecule has 0 radical (unpaired) electrons. The number of anilines is 2. The maximum absolute atomic E-state index is 13.1. The number of likely N-dealkylation sites (tertiary alicyclic amines) is 1. The zero-order chi connectivity index (χ0) is 33.7. The summed E-state index contributed by atoms with van der Waals surface area (Å²) < 4.78 is 5.54. The van der Waals surface area contributed by atoms with E-state index in [4.69, 9.17) is 4.42 Å². The fraction of sp³-hybridized carbons (Fsp3) is 0.432. The third-order valence-corrected chi connectivity index (χ3v) is 10.8. The Labute approximate surface area is 284 Å². The average molecular weight is 664 g/mol. The number of aromatic nitrogens is 2. The van der Waals surface area contributed by atoms with Crippen LogP contribution in [0.2, 0.25) is 0 Å². The number of rotatable bonds is 7. The van der Waals surface area contributed by atoms with Crippen LogP contribution in [0, 0.1) is 6.92 Å². The number of aliphatic hydroxyl groups is 1. The molecule has 49 heavy (non-hydrogen) atoms. The van der Waals surface area contributed by atoms with Crippen molar-refractivity contribution in [1.29, 1.82) is 0 Å². The van der Waals surface area contributed by atoms with Crippen LogP contribution in [0.5, 0.6) is 0 Å². The van der Waals surface area contributed by atoms with Gasteiger partial charge in [0.15, 0.2) is 0 Å². The number of carbonyl (C=O) groups excluding carboxylic acids is 3. The van der Waals surface area contributed by atoms with E-state index in [1.54, 1.807) is 17.2 Å². The number of benzene rings is 2. The molecule has 0 spiro atoms. The van der Waals surface area contributed by atoms with Gasteiger partial charge in [0, 0.05) is 69.2 Å². The second kappa shape index (κ2) is 12.6. The standard InChI is InChI=1S/C37H41N7O5/c1-23-22-49-34-30(23)19-38-36(41-34)39-27-10-14-43(15-11-27)28-5-2-24(3-6-28)20-42-16-12-37(48,13-17-42)26-4-7-29-25(18-26)21-44(35(29)47)31-8-9-32(45)40-33(31)46/h2-7,18-19,22,27,31,48H,8-17,20-21H2,1H3,(H,38,39,41)(H,40,45,46).